The van der Waals surface area contributed by atoms with Crippen LogP contribution in [0, 0.1) is 13.8 Å². The van der Waals surface area contributed by atoms with Gasteiger partial charge in [-0.2, -0.15) is 0 Å². The number of hydrogen-bond donors (Lipinski definition) is 1. The lowest BCUT2D eigenvalue weighted by Gasteiger charge is -2.15. The third kappa shape index (κ3) is 5.79. The Kier molecular flexibility index (Phi) is 6.75. The van der Waals surface area contributed by atoms with Gasteiger partial charge < -0.3 is 10.1 Å². The molecule has 0 saturated carbocycles. The molecular formula is C16H23NO3S. The molecule has 1 atom stereocenters. The standard InChI is InChI=1S/C16H23NO3S/c1-10(2)20-14(18)9-21-13(5)16(19)17-15-11(3)7-6-8-12(15)4/h6-8,10,13H,9H2,1-5H3,(H,17,19). The van der Waals surface area contributed by atoms with Gasteiger partial charge in [0.1, 0.15) is 0 Å². The van der Waals surface area contributed by atoms with E-state index in [1.165, 1.54) is 11.8 Å². The maximum Gasteiger partial charge on any atom is 0.316 e. The maximum absolute atomic E-state index is 12.2. The fourth-order valence-corrected chi connectivity index (χ4v) is 2.47. The summed E-state index contributed by atoms with van der Waals surface area (Å²) in [5, 5.41) is 2.61. The quantitative estimate of drug-likeness (QED) is 0.819. The van der Waals surface area contributed by atoms with Gasteiger partial charge in [-0.1, -0.05) is 18.2 Å². The Hall–Kier alpha value is -1.49. The lowest BCUT2D eigenvalue weighted by Crippen LogP contribution is -2.25. The molecule has 0 spiro atoms. The molecule has 21 heavy (non-hydrogen) atoms. The molecule has 0 saturated heterocycles. The molecule has 0 aliphatic carbocycles. The number of amides is 1. The SMILES string of the molecule is Cc1cccc(C)c1NC(=O)C(C)SCC(=O)OC(C)C. The first-order valence-electron chi connectivity index (χ1n) is 6.99. The van der Waals surface area contributed by atoms with Crippen LogP contribution in [-0.4, -0.2) is 29.0 Å². The molecule has 1 rings (SSSR count). The Labute approximate surface area is 130 Å². The Bertz CT molecular complexity index is 494. The lowest BCUT2D eigenvalue weighted by molar-refractivity contribution is -0.144. The van der Waals surface area contributed by atoms with Crippen molar-refractivity contribution in [1.29, 1.82) is 0 Å². The number of aryl methyl sites for hydroxylation is 2. The van der Waals surface area contributed by atoms with Gasteiger partial charge in [-0.25, -0.2) is 0 Å². The predicted octanol–water partition coefficient (Wildman–Crippen LogP) is 3.32. The third-order valence-corrected chi connectivity index (χ3v) is 4.03. The maximum atomic E-state index is 12.2. The Balaban J connectivity index is 2.54. The van der Waals surface area contributed by atoms with Crippen LogP contribution >= 0.6 is 11.8 Å². The van der Waals surface area contributed by atoms with Crippen LogP contribution in [0.4, 0.5) is 5.69 Å². The smallest absolute Gasteiger partial charge is 0.316 e. The second-order valence-corrected chi connectivity index (χ2v) is 6.58. The molecular weight excluding hydrogens is 286 g/mol. The molecule has 0 aliphatic rings. The van der Waals surface area contributed by atoms with Gasteiger partial charge in [-0.05, 0) is 45.7 Å². The topological polar surface area (TPSA) is 55.4 Å². The molecule has 0 heterocycles. The Morgan fingerprint density at radius 2 is 1.76 bits per heavy atom. The minimum atomic E-state index is -0.316. The van der Waals surface area contributed by atoms with Crippen LogP contribution in [0.3, 0.4) is 0 Å². The highest BCUT2D eigenvalue weighted by atomic mass is 32.2. The van der Waals surface area contributed by atoms with Crippen molar-refractivity contribution in [3.8, 4) is 0 Å². The molecule has 1 aromatic carbocycles. The van der Waals surface area contributed by atoms with E-state index in [1.807, 2.05) is 32.0 Å². The summed E-state index contributed by atoms with van der Waals surface area (Å²) in [5.41, 5.74) is 2.90. The average molecular weight is 309 g/mol. The second-order valence-electron chi connectivity index (χ2n) is 5.25. The summed E-state index contributed by atoms with van der Waals surface area (Å²) in [7, 11) is 0. The average Bonchev–Trinajstić information content (AvgIpc) is 2.39. The van der Waals surface area contributed by atoms with Crippen LogP contribution < -0.4 is 5.32 Å². The molecule has 116 valence electrons. The Morgan fingerprint density at radius 3 is 2.29 bits per heavy atom. The number of benzene rings is 1. The van der Waals surface area contributed by atoms with Crippen LogP contribution in [0.25, 0.3) is 0 Å². The fourth-order valence-electron chi connectivity index (χ4n) is 1.80. The zero-order chi connectivity index (χ0) is 16.0. The number of para-hydroxylation sites is 1. The van der Waals surface area contributed by atoms with Crippen molar-refractivity contribution >= 4 is 29.3 Å². The van der Waals surface area contributed by atoms with Gasteiger partial charge in [0.2, 0.25) is 5.91 Å². The molecule has 0 bridgehead atoms. The van der Waals surface area contributed by atoms with Crippen molar-refractivity contribution < 1.29 is 14.3 Å². The molecule has 1 N–H and O–H groups in total. The van der Waals surface area contributed by atoms with Crippen molar-refractivity contribution in [3.63, 3.8) is 0 Å². The third-order valence-electron chi connectivity index (χ3n) is 2.92. The van der Waals surface area contributed by atoms with Gasteiger partial charge in [0.25, 0.3) is 0 Å². The molecule has 1 unspecified atom stereocenters. The van der Waals surface area contributed by atoms with Crippen molar-refractivity contribution in [2.24, 2.45) is 0 Å². The van der Waals surface area contributed by atoms with Crippen LogP contribution in [-0.2, 0) is 14.3 Å². The largest absolute Gasteiger partial charge is 0.462 e. The van der Waals surface area contributed by atoms with E-state index < -0.39 is 0 Å². The summed E-state index contributed by atoms with van der Waals surface area (Å²) in [4.78, 5) is 23.6. The number of ether oxygens (including phenoxy) is 1. The number of nitrogens with one attached hydrogen (secondary N) is 1. The normalized spacial score (nSPS) is 12.1. The summed E-state index contributed by atoms with van der Waals surface area (Å²) in [6.45, 7) is 9.32. The zero-order valence-electron chi connectivity index (χ0n) is 13.2. The van der Waals surface area contributed by atoms with Gasteiger partial charge in [-0.3, -0.25) is 9.59 Å². The Morgan fingerprint density at radius 1 is 1.19 bits per heavy atom. The van der Waals surface area contributed by atoms with Gasteiger partial charge in [0, 0.05) is 5.69 Å². The molecule has 1 aromatic rings. The predicted molar refractivity (Wildman–Crippen MR) is 87.7 cm³/mol. The summed E-state index contributed by atoms with van der Waals surface area (Å²) in [6.07, 6.45) is -0.128. The van der Waals surface area contributed by atoms with E-state index in [0.29, 0.717) is 0 Å². The monoisotopic (exact) mass is 309 g/mol. The highest BCUT2D eigenvalue weighted by molar-refractivity contribution is 8.01. The van der Waals surface area contributed by atoms with Crippen molar-refractivity contribution in [2.45, 2.75) is 46.0 Å². The number of carbonyl (C=O) groups excluding carboxylic acids is 2. The van der Waals surface area contributed by atoms with E-state index in [-0.39, 0.29) is 29.0 Å². The number of hydrogen-bond acceptors (Lipinski definition) is 4. The molecule has 0 radical (unpaired) electrons. The molecule has 1 amide bonds. The minimum absolute atomic E-state index is 0.102. The van der Waals surface area contributed by atoms with E-state index in [0.717, 1.165) is 16.8 Å². The van der Waals surface area contributed by atoms with E-state index in [9.17, 15) is 9.59 Å². The number of anilines is 1. The lowest BCUT2D eigenvalue weighted by atomic mass is 10.1. The van der Waals surface area contributed by atoms with Crippen LogP contribution in [0.15, 0.2) is 18.2 Å². The highest BCUT2D eigenvalue weighted by Crippen LogP contribution is 2.21. The molecule has 0 aliphatic heterocycles. The highest BCUT2D eigenvalue weighted by Gasteiger charge is 2.17. The first kappa shape index (κ1) is 17.6. The van der Waals surface area contributed by atoms with E-state index in [4.69, 9.17) is 4.74 Å². The molecule has 4 nitrogen and oxygen atoms in total. The van der Waals surface area contributed by atoms with Crippen molar-refractivity contribution in [3.05, 3.63) is 29.3 Å². The summed E-state index contributed by atoms with van der Waals surface area (Å²) < 4.78 is 5.05. The number of thioether (sulfide) groups is 1. The van der Waals surface area contributed by atoms with Crippen molar-refractivity contribution in [2.75, 3.05) is 11.1 Å². The first-order chi connectivity index (χ1) is 9.81. The van der Waals surface area contributed by atoms with Crippen molar-refractivity contribution in [1.82, 2.24) is 0 Å². The van der Waals surface area contributed by atoms with Gasteiger partial charge in [-0.15, -0.1) is 11.8 Å². The van der Waals surface area contributed by atoms with Gasteiger partial charge in [0.05, 0.1) is 17.1 Å². The molecule has 0 aromatic heterocycles. The van der Waals surface area contributed by atoms with Crippen LogP contribution in [0.2, 0.25) is 0 Å². The van der Waals surface area contributed by atoms with Crippen LogP contribution in [0.1, 0.15) is 31.9 Å². The minimum Gasteiger partial charge on any atom is -0.462 e. The van der Waals surface area contributed by atoms with E-state index >= 15 is 0 Å². The second kappa shape index (κ2) is 8.08. The van der Waals surface area contributed by atoms with E-state index in [2.05, 4.69) is 5.32 Å². The number of rotatable bonds is 6. The fraction of sp³-hybridized carbons (Fsp3) is 0.500. The van der Waals surface area contributed by atoms with Gasteiger partial charge in [0.15, 0.2) is 0 Å². The van der Waals surface area contributed by atoms with E-state index in [1.54, 1.807) is 20.8 Å². The van der Waals surface area contributed by atoms with Crippen LogP contribution in [0.5, 0.6) is 0 Å². The number of carbonyl (C=O) groups is 2. The van der Waals surface area contributed by atoms with Gasteiger partial charge >= 0.3 is 5.97 Å². The summed E-state index contributed by atoms with van der Waals surface area (Å²) in [5.74, 6) is -0.212. The molecule has 5 heteroatoms. The number of esters is 1. The summed E-state index contributed by atoms with van der Waals surface area (Å²) >= 11 is 1.28. The molecule has 0 fully saturated rings. The zero-order valence-corrected chi connectivity index (χ0v) is 14.0. The first-order valence-corrected chi connectivity index (χ1v) is 8.04. The summed E-state index contributed by atoms with van der Waals surface area (Å²) in [6, 6.07) is 5.88.